The smallest absolute Gasteiger partial charge is 0.240 e. The first kappa shape index (κ1) is 27.5. The number of nitrogens with zero attached hydrogens (tertiary/aromatic N) is 4. The second-order valence-electron chi connectivity index (χ2n) is 9.28. The van der Waals surface area contributed by atoms with Crippen LogP contribution in [0, 0.1) is 0 Å². The van der Waals surface area contributed by atoms with Gasteiger partial charge in [0.25, 0.3) is 0 Å². The van der Waals surface area contributed by atoms with Crippen LogP contribution >= 0.6 is 0 Å². The van der Waals surface area contributed by atoms with Gasteiger partial charge in [-0.2, -0.15) is 0 Å². The fraction of sp³-hybridized carbons (Fsp3) is 0.267. The lowest BCUT2D eigenvalue weighted by atomic mass is 9.96. The molecule has 0 aliphatic carbocycles. The molecule has 4 heterocycles. The predicted octanol–water partition coefficient (Wildman–Crippen LogP) is 3.50. The molecule has 2 aliphatic heterocycles. The first-order chi connectivity index (χ1) is 18.9. The van der Waals surface area contributed by atoms with Crippen LogP contribution in [0.25, 0.3) is 10.9 Å². The number of amides is 1. The lowest BCUT2D eigenvalue weighted by Crippen LogP contribution is -2.49. The van der Waals surface area contributed by atoms with Crippen molar-refractivity contribution in [2.75, 3.05) is 27.4 Å². The van der Waals surface area contributed by atoms with Gasteiger partial charge in [0.2, 0.25) is 12.7 Å². The molecule has 0 fully saturated rings. The fourth-order valence-electron chi connectivity index (χ4n) is 4.67. The molecular formula is C30H32N4O5. The number of para-hydroxylation sites is 3. The largest absolute Gasteiger partial charge is 0.454 e. The minimum atomic E-state index is -0.205. The Kier molecular flexibility index (Phi) is 9.06. The molecule has 0 saturated heterocycles. The molecule has 2 aromatic carbocycles. The van der Waals surface area contributed by atoms with E-state index in [9.17, 15) is 14.4 Å². The maximum Gasteiger partial charge on any atom is 0.240 e. The number of aryl methyl sites for hydroxylation is 1. The van der Waals surface area contributed by atoms with Gasteiger partial charge in [-0.25, -0.2) is 0 Å². The molecule has 9 nitrogen and oxygen atoms in total. The highest BCUT2D eigenvalue weighted by Gasteiger charge is 2.33. The lowest BCUT2D eigenvalue weighted by molar-refractivity contribution is -0.137. The molecule has 1 amide bonds. The number of rotatable bonds is 4. The quantitative estimate of drug-likeness (QED) is 0.374. The van der Waals surface area contributed by atoms with E-state index in [4.69, 9.17) is 9.47 Å². The van der Waals surface area contributed by atoms with E-state index in [1.807, 2.05) is 43.4 Å². The SMILES string of the molecule is CN(CC=O)C(=O)C1Cc2c(n(C)c3ccccc23)CN1C.O=Cc1cccnc1.c1ccc2c(c1)OCO2. The van der Waals surface area contributed by atoms with Crippen LogP contribution in [0.4, 0.5) is 0 Å². The van der Waals surface area contributed by atoms with Crippen LogP contribution in [0.2, 0.25) is 0 Å². The topological polar surface area (TPSA) is 94.0 Å². The van der Waals surface area contributed by atoms with E-state index < -0.39 is 0 Å². The fourth-order valence-corrected chi connectivity index (χ4v) is 4.67. The van der Waals surface area contributed by atoms with Gasteiger partial charge in [-0.1, -0.05) is 30.3 Å². The Labute approximate surface area is 227 Å². The van der Waals surface area contributed by atoms with Gasteiger partial charge in [-0.15, -0.1) is 0 Å². The molecule has 0 radical (unpaired) electrons. The van der Waals surface area contributed by atoms with E-state index in [0.717, 1.165) is 30.6 Å². The number of ether oxygens (including phenoxy) is 2. The van der Waals surface area contributed by atoms with Crippen LogP contribution in [0.1, 0.15) is 21.6 Å². The maximum atomic E-state index is 12.6. The summed E-state index contributed by atoms with van der Waals surface area (Å²) in [6.45, 7) is 1.25. The summed E-state index contributed by atoms with van der Waals surface area (Å²) >= 11 is 0. The summed E-state index contributed by atoms with van der Waals surface area (Å²) in [7, 11) is 5.73. The molecule has 1 atom stereocenters. The maximum absolute atomic E-state index is 12.6. The Morgan fingerprint density at radius 2 is 1.72 bits per heavy atom. The van der Waals surface area contributed by atoms with Gasteiger partial charge in [0.15, 0.2) is 17.8 Å². The van der Waals surface area contributed by atoms with Crippen molar-refractivity contribution in [2.45, 2.75) is 19.0 Å². The summed E-state index contributed by atoms with van der Waals surface area (Å²) in [6.07, 6.45) is 5.38. The molecular weight excluding hydrogens is 496 g/mol. The molecule has 0 N–H and O–H groups in total. The number of likely N-dealkylation sites (N-methyl/N-ethyl adjacent to an activating group) is 2. The Morgan fingerprint density at radius 1 is 1.03 bits per heavy atom. The second kappa shape index (κ2) is 12.8. The Bertz CT molecular complexity index is 1410. The Morgan fingerprint density at radius 3 is 2.33 bits per heavy atom. The third-order valence-corrected chi connectivity index (χ3v) is 6.78. The van der Waals surface area contributed by atoms with Crippen LogP contribution < -0.4 is 9.47 Å². The Hall–Kier alpha value is -4.50. The van der Waals surface area contributed by atoms with E-state index in [1.54, 1.807) is 25.4 Å². The summed E-state index contributed by atoms with van der Waals surface area (Å²) in [5.41, 5.74) is 4.35. The van der Waals surface area contributed by atoms with Crippen molar-refractivity contribution in [3.05, 3.63) is 89.9 Å². The number of hydrogen-bond donors (Lipinski definition) is 0. The molecule has 2 aliphatic rings. The monoisotopic (exact) mass is 528 g/mol. The van der Waals surface area contributed by atoms with Gasteiger partial charge in [-0.05, 0) is 49.4 Å². The van der Waals surface area contributed by atoms with Crippen molar-refractivity contribution in [1.29, 1.82) is 0 Å². The minimum Gasteiger partial charge on any atom is -0.454 e. The van der Waals surface area contributed by atoms with Crippen molar-refractivity contribution >= 4 is 29.4 Å². The van der Waals surface area contributed by atoms with Crippen LogP contribution in [-0.2, 0) is 29.6 Å². The summed E-state index contributed by atoms with van der Waals surface area (Å²) < 4.78 is 12.4. The molecule has 0 saturated carbocycles. The minimum absolute atomic E-state index is 0.00758. The highest BCUT2D eigenvalue weighted by Crippen LogP contribution is 2.32. The van der Waals surface area contributed by atoms with Crippen LogP contribution in [0.3, 0.4) is 0 Å². The number of aromatic nitrogens is 2. The third-order valence-electron chi connectivity index (χ3n) is 6.78. The average Bonchev–Trinajstić information content (AvgIpc) is 3.56. The van der Waals surface area contributed by atoms with Gasteiger partial charge in [0.1, 0.15) is 6.29 Å². The van der Waals surface area contributed by atoms with Crippen molar-refractivity contribution < 1.29 is 23.9 Å². The number of carbonyl (C=O) groups excluding carboxylic acids is 3. The molecule has 2 aromatic heterocycles. The molecule has 4 aromatic rings. The molecule has 6 rings (SSSR count). The van der Waals surface area contributed by atoms with Gasteiger partial charge in [-0.3, -0.25) is 19.5 Å². The standard InChI is InChI=1S/C17H21N3O2.C7H6O2.C6H5NO/c1-18(8-9-21)17(22)15-10-13-12-6-4-5-7-14(12)20(3)16(13)11-19(15)2;1-2-4-7-6(3-1)8-5-9-7;8-5-6-2-1-3-7-4-6/h4-7,9,15H,8,10-11H2,1-3H3;1-4H,5H2;1-5H. The van der Waals surface area contributed by atoms with Gasteiger partial charge < -0.3 is 23.7 Å². The van der Waals surface area contributed by atoms with E-state index in [1.165, 1.54) is 33.3 Å². The van der Waals surface area contributed by atoms with Crippen molar-refractivity contribution in [3.63, 3.8) is 0 Å². The molecule has 202 valence electrons. The highest BCUT2D eigenvalue weighted by molar-refractivity contribution is 5.89. The third kappa shape index (κ3) is 6.32. The lowest BCUT2D eigenvalue weighted by Gasteiger charge is -2.34. The van der Waals surface area contributed by atoms with Gasteiger partial charge >= 0.3 is 0 Å². The number of pyridine rings is 1. The first-order valence-corrected chi connectivity index (χ1v) is 12.6. The van der Waals surface area contributed by atoms with Gasteiger partial charge in [0, 0.05) is 55.2 Å². The average molecular weight is 529 g/mol. The number of hydrogen-bond acceptors (Lipinski definition) is 7. The summed E-state index contributed by atoms with van der Waals surface area (Å²) in [6, 6.07) is 19.2. The highest BCUT2D eigenvalue weighted by atomic mass is 16.7. The molecule has 0 bridgehead atoms. The first-order valence-electron chi connectivity index (χ1n) is 12.6. The van der Waals surface area contributed by atoms with Crippen LogP contribution in [-0.4, -0.2) is 71.3 Å². The predicted molar refractivity (Wildman–Crippen MR) is 148 cm³/mol. The molecule has 9 heteroatoms. The second-order valence-corrected chi connectivity index (χ2v) is 9.28. The summed E-state index contributed by atoms with van der Waals surface area (Å²) in [5.74, 6) is 1.70. The number of aldehydes is 2. The number of fused-ring (bicyclic) bond motifs is 4. The molecule has 39 heavy (non-hydrogen) atoms. The zero-order chi connectivity index (χ0) is 27.8. The summed E-state index contributed by atoms with van der Waals surface area (Å²) in [4.78, 5) is 40.5. The van der Waals surface area contributed by atoms with Crippen LogP contribution in [0.15, 0.2) is 73.1 Å². The van der Waals surface area contributed by atoms with E-state index in [-0.39, 0.29) is 18.5 Å². The molecule has 1 unspecified atom stereocenters. The van der Waals surface area contributed by atoms with Crippen molar-refractivity contribution in [1.82, 2.24) is 19.4 Å². The zero-order valence-electron chi connectivity index (χ0n) is 22.3. The summed E-state index contributed by atoms with van der Waals surface area (Å²) in [5, 5.41) is 1.23. The number of benzene rings is 2. The van der Waals surface area contributed by atoms with Crippen molar-refractivity contribution in [3.8, 4) is 11.5 Å². The van der Waals surface area contributed by atoms with Gasteiger partial charge in [0.05, 0.1) is 12.6 Å². The zero-order valence-corrected chi connectivity index (χ0v) is 22.3. The normalized spacial score (nSPS) is 15.2. The Balaban J connectivity index is 0.000000168. The van der Waals surface area contributed by atoms with Crippen molar-refractivity contribution in [2.24, 2.45) is 7.05 Å². The van der Waals surface area contributed by atoms with E-state index >= 15 is 0 Å². The molecule has 0 spiro atoms. The van der Waals surface area contributed by atoms with E-state index in [2.05, 4.69) is 33.6 Å². The van der Waals surface area contributed by atoms with Crippen LogP contribution in [0.5, 0.6) is 11.5 Å². The number of carbonyl (C=O) groups is 3. The van der Waals surface area contributed by atoms with E-state index in [0.29, 0.717) is 18.8 Å².